The third-order valence-corrected chi connectivity index (χ3v) is 5.92. The maximum atomic E-state index is 12.4. The number of carbonyl (C=O) groups excluding carboxylic acids is 1. The van der Waals surface area contributed by atoms with Crippen LogP contribution in [0.4, 0.5) is 5.69 Å². The topological polar surface area (TPSA) is 75.7 Å². The first kappa shape index (κ1) is 18.7. The summed E-state index contributed by atoms with van der Waals surface area (Å²) in [6, 6.07) is 9.95. The molecule has 0 unspecified atom stereocenters. The van der Waals surface area contributed by atoms with Crippen LogP contribution in [0.3, 0.4) is 0 Å². The monoisotopic (exact) mass is 394 g/mol. The van der Waals surface area contributed by atoms with Crippen molar-refractivity contribution in [1.29, 1.82) is 0 Å². The zero-order chi connectivity index (χ0) is 18.9. The second-order valence-corrected chi connectivity index (χ2v) is 8.28. The molecule has 1 amide bonds. The summed E-state index contributed by atoms with van der Waals surface area (Å²) in [6.45, 7) is 2.18. The predicted octanol–water partition coefficient (Wildman–Crippen LogP) is 2.52. The van der Waals surface area contributed by atoms with E-state index in [1.165, 1.54) is 11.0 Å². The molecule has 1 heterocycles. The quantitative estimate of drug-likeness (QED) is 0.764. The minimum Gasteiger partial charge on any atom is -0.492 e. The average molecular weight is 395 g/mol. The van der Waals surface area contributed by atoms with Gasteiger partial charge in [0.15, 0.2) is 0 Å². The standard InChI is InChI=1S/C18H19ClN2O4S/c1-12-9-14(19)3-6-17(12)25-8-7-20-26(23,24)15-4-5-16-13(10-15)11-18(22)21(16)2/h3-6,9-10,20H,7-8,11H2,1-2H3. The summed E-state index contributed by atoms with van der Waals surface area (Å²) in [5, 5.41) is 0.622. The third kappa shape index (κ3) is 3.85. The van der Waals surface area contributed by atoms with Crippen LogP contribution >= 0.6 is 11.6 Å². The van der Waals surface area contributed by atoms with Gasteiger partial charge in [0.25, 0.3) is 0 Å². The molecule has 0 saturated carbocycles. The Labute approximate surface area is 157 Å². The third-order valence-electron chi connectivity index (χ3n) is 4.23. The first-order chi connectivity index (χ1) is 12.3. The lowest BCUT2D eigenvalue weighted by Gasteiger charge is -2.12. The highest BCUT2D eigenvalue weighted by atomic mass is 35.5. The number of ether oxygens (including phenoxy) is 1. The normalized spacial score (nSPS) is 13.8. The Kier molecular flexibility index (Phi) is 5.22. The number of halogens is 1. The number of carbonyl (C=O) groups is 1. The highest BCUT2D eigenvalue weighted by Crippen LogP contribution is 2.29. The van der Waals surface area contributed by atoms with Gasteiger partial charge in [-0.05, 0) is 54.4 Å². The maximum Gasteiger partial charge on any atom is 0.240 e. The van der Waals surface area contributed by atoms with Gasteiger partial charge in [0.2, 0.25) is 15.9 Å². The molecule has 1 aliphatic heterocycles. The Morgan fingerprint density at radius 3 is 2.73 bits per heavy atom. The minimum atomic E-state index is -3.67. The number of amides is 1. The van der Waals surface area contributed by atoms with E-state index in [0.717, 1.165) is 11.3 Å². The van der Waals surface area contributed by atoms with Gasteiger partial charge in [-0.25, -0.2) is 13.1 Å². The van der Waals surface area contributed by atoms with Gasteiger partial charge < -0.3 is 9.64 Å². The number of sulfonamides is 1. The molecule has 1 aliphatic rings. The number of benzene rings is 2. The molecule has 0 saturated heterocycles. The van der Waals surface area contributed by atoms with Gasteiger partial charge in [0, 0.05) is 24.3 Å². The number of aryl methyl sites for hydroxylation is 1. The van der Waals surface area contributed by atoms with Crippen molar-refractivity contribution in [1.82, 2.24) is 4.72 Å². The van der Waals surface area contributed by atoms with Crippen LogP contribution in [-0.2, 0) is 21.2 Å². The fourth-order valence-corrected chi connectivity index (χ4v) is 4.10. The number of fused-ring (bicyclic) bond motifs is 1. The summed E-state index contributed by atoms with van der Waals surface area (Å²) >= 11 is 5.89. The van der Waals surface area contributed by atoms with E-state index in [1.807, 2.05) is 6.92 Å². The maximum absolute atomic E-state index is 12.4. The van der Waals surface area contributed by atoms with Crippen LogP contribution in [-0.4, -0.2) is 34.5 Å². The zero-order valence-electron chi connectivity index (χ0n) is 14.5. The number of rotatable bonds is 6. The molecule has 2 aromatic carbocycles. The number of nitrogens with zero attached hydrogens (tertiary/aromatic N) is 1. The van der Waals surface area contributed by atoms with Crippen molar-refractivity contribution in [3.05, 3.63) is 52.5 Å². The molecule has 0 aliphatic carbocycles. The molecule has 6 nitrogen and oxygen atoms in total. The molecule has 0 radical (unpaired) electrons. The predicted molar refractivity (Wildman–Crippen MR) is 100 cm³/mol. The summed E-state index contributed by atoms with van der Waals surface area (Å²) in [6.07, 6.45) is 0.216. The highest BCUT2D eigenvalue weighted by Gasteiger charge is 2.26. The largest absolute Gasteiger partial charge is 0.492 e. The number of anilines is 1. The van der Waals surface area contributed by atoms with Gasteiger partial charge in [-0.2, -0.15) is 0 Å². The van der Waals surface area contributed by atoms with E-state index in [4.69, 9.17) is 16.3 Å². The molecule has 138 valence electrons. The average Bonchev–Trinajstić information content (AvgIpc) is 2.87. The Balaban J connectivity index is 1.61. The SMILES string of the molecule is Cc1cc(Cl)ccc1OCCNS(=O)(=O)c1ccc2c(c1)CC(=O)N2C. The van der Waals surface area contributed by atoms with Crippen LogP contribution in [0.1, 0.15) is 11.1 Å². The number of hydrogen-bond acceptors (Lipinski definition) is 4. The Hall–Kier alpha value is -2.09. The molecule has 0 bridgehead atoms. The van der Waals surface area contributed by atoms with Crippen molar-refractivity contribution >= 4 is 33.2 Å². The lowest BCUT2D eigenvalue weighted by atomic mass is 10.2. The smallest absolute Gasteiger partial charge is 0.240 e. The molecule has 26 heavy (non-hydrogen) atoms. The van der Waals surface area contributed by atoms with Crippen molar-refractivity contribution in [2.75, 3.05) is 25.1 Å². The van der Waals surface area contributed by atoms with Crippen LogP contribution in [0.2, 0.25) is 5.02 Å². The molecular formula is C18H19ClN2O4S. The molecule has 0 fully saturated rings. The Bertz CT molecular complexity index is 960. The molecule has 3 rings (SSSR count). The van der Waals surface area contributed by atoms with Crippen LogP contribution < -0.4 is 14.4 Å². The molecule has 2 aromatic rings. The Morgan fingerprint density at radius 1 is 1.23 bits per heavy atom. The lowest BCUT2D eigenvalue weighted by molar-refractivity contribution is -0.117. The van der Waals surface area contributed by atoms with Gasteiger partial charge in [-0.3, -0.25) is 4.79 Å². The summed E-state index contributed by atoms with van der Waals surface area (Å²) < 4.78 is 33.0. The first-order valence-corrected chi connectivity index (χ1v) is 9.92. The minimum absolute atomic E-state index is 0.0470. The van der Waals surface area contributed by atoms with E-state index in [9.17, 15) is 13.2 Å². The fraction of sp³-hybridized carbons (Fsp3) is 0.278. The highest BCUT2D eigenvalue weighted by molar-refractivity contribution is 7.89. The number of nitrogens with one attached hydrogen (secondary N) is 1. The summed E-state index contributed by atoms with van der Waals surface area (Å²) in [4.78, 5) is 13.4. The van der Waals surface area contributed by atoms with E-state index >= 15 is 0 Å². The lowest BCUT2D eigenvalue weighted by Crippen LogP contribution is -2.28. The summed E-state index contributed by atoms with van der Waals surface area (Å²) in [5.74, 6) is 0.613. The zero-order valence-corrected chi connectivity index (χ0v) is 16.0. The van der Waals surface area contributed by atoms with E-state index in [1.54, 1.807) is 37.4 Å². The number of hydrogen-bond donors (Lipinski definition) is 1. The summed E-state index contributed by atoms with van der Waals surface area (Å²) in [7, 11) is -1.99. The van der Waals surface area contributed by atoms with Crippen LogP contribution in [0.15, 0.2) is 41.3 Å². The Morgan fingerprint density at radius 2 is 2.00 bits per heavy atom. The van der Waals surface area contributed by atoms with Gasteiger partial charge in [0.05, 0.1) is 11.3 Å². The van der Waals surface area contributed by atoms with Crippen LogP contribution in [0.5, 0.6) is 5.75 Å². The van der Waals surface area contributed by atoms with Crippen molar-refractivity contribution in [3.8, 4) is 5.75 Å². The van der Waals surface area contributed by atoms with E-state index < -0.39 is 10.0 Å². The second-order valence-electron chi connectivity index (χ2n) is 6.08. The van der Waals surface area contributed by atoms with Gasteiger partial charge >= 0.3 is 0 Å². The second kappa shape index (κ2) is 7.26. The molecule has 0 atom stereocenters. The molecule has 0 spiro atoms. The van der Waals surface area contributed by atoms with Gasteiger partial charge in [-0.15, -0.1) is 0 Å². The molecular weight excluding hydrogens is 376 g/mol. The first-order valence-electron chi connectivity index (χ1n) is 8.06. The van der Waals surface area contributed by atoms with Gasteiger partial charge in [0.1, 0.15) is 12.4 Å². The van der Waals surface area contributed by atoms with Crippen molar-refractivity contribution < 1.29 is 17.9 Å². The molecule has 0 aromatic heterocycles. The van der Waals surface area contributed by atoms with E-state index in [-0.39, 0.29) is 30.4 Å². The van der Waals surface area contributed by atoms with E-state index in [2.05, 4.69) is 4.72 Å². The van der Waals surface area contributed by atoms with Crippen LogP contribution in [0, 0.1) is 6.92 Å². The number of likely N-dealkylation sites (N-methyl/N-ethyl adjacent to an activating group) is 1. The molecule has 1 N–H and O–H groups in total. The van der Waals surface area contributed by atoms with E-state index in [0.29, 0.717) is 16.3 Å². The van der Waals surface area contributed by atoms with Gasteiger partial charge in [-0.1, -0.05) is 11.6 Å². The summed E-state index contributed by atoms with van der Waals surface area (Å²) in [5.41, 5.74) is 2.34. The van der Waals surface area contributed by atoms with Crippen LogP contribution in [0.25, 0.3) is 0 Å². The van der Waals surface area contributed by atoms with Crippen molar-refractivity contribution in [2.24, 2.45) is 0 Å². The van der Waals surface area contributed by atoms with Crippen molar-refractivity contribution in [2.45, 2.75) is 18.2 Å². The van der Waals surface area contributed by atoms with Crippen molar-refractivity contribution in [3.63, 3.8) is 0 Å². The fourth-order valence-electron chi connectivity index (χ4n) is 2.81. The molecule has 8 heteroatoms.